The third-order valence-corrected chi connectivity index (χ3v) is 4.62. The van der Waals surface area contributed by atoms with Crippen LogP contribution in [0, 0.1) is 0 Å². The van der Waals surface area contributed by atoms with Crippen LogP contribution in [-0.4, -0.2) is 55.5 Å². The summed E-state index contributed by atoms with van der Waals surface area (Å²) >= 11 is 5.91. The van der Waals surface area contributed by atoms with E-state index < -0.39 is 30.3 Å². The maximum Gasteiger partial charge on any atom is 0.327 e. The summed E-state index contributed by atoms with van der Waals surface area (Å²) in [4.78, 5) is 35.6. The first-order chi connectivity index (χ1) is 11.7. The van der Waals surface area contributed by atoms with E-state index in [1.54, 1.807) is 0 Å². The fourth-order valence-electron chi connectivity index (χ4n) is 2.14. The average Bonchev–Trinajstić information content (AvgIpc) is 2.80. The summed E-state index contributed by atoms with van der Waals surface area (Å²) in [5.41, 5.74) is 0.528. The van der Waals surface area contributed by atoms with Crippen molar-refractivity contribution in [3.8, 4) is 11.5 Å². The summed E-state index contributed by atoms with van der Waals surface area (Å²) in [6.45, 7) is 0. The van der Waals surface area contributed by atoms with Gasteiger partial charge in [-0.3, -0.25) is 14.5 Å². The van der Waals surface area contributed by atoms with E-state index in [0.29, 0.717) is 5.56 Å². The van der Waals surface area contributed by atoms with Crippen LogP contribution in [0.5, 0.6) is 11.5 Å². The highest BCUT2D eigenvalue weighted by Crippen LogP contribution is 2.36. The second-order valence-corrected chi connectivity index (χ2v) is 6.61. The zero-order valence-electron chi connectivity index (χ0n) is 12.8. The highest BCUT2D eigenvalue weighted by molar-refractivity contribution is 8.26. The zero-order chi connectivity index (χ0) is 18.7. The monoisotopic (exact) mass is 383 g/mol. The van der Waals surface area contributed by atoms with Gasteiger partial charge in [-0.05, 0) is 23.8 Å². The standard InChI is InChI=1S/C15H13NO7S2/c1-23-10-4-7(2-3-9(10)17)5-11-13(20)16(15(24)25-11)8(14(21)22)6-12(18)19/h2-5,8,17H,6H2,1H3,(H,18,19)(H,21,22)/b11-5-/t8-/m0/s1. The first-order valence-electron chi connectivity index (χ1n) is 6.83. The summed E-state index contributed by atoms with van der Waals surface area (Å²) in [5, 5.41) is 27.6. The Labute approximate surface area is 151 Å². The summed E-state index contributed by atoms with van der Waals surface area (Å²) in [6, 6.07) is 2.84. The Morgan fingerprint density at radius 2 is 2.08 bits per heavy atom. The number of hydrogen-bond acceptors (Lipinski definition) is 7. The van der Waals surface area contributed by atoms with E-state index in [4.69, 9.17) is 22.1 Å². The molecule has 1 fully saturated rings. The van der Waals surface area contributed by atoms with Crippen LogP contribution in [0.25, 0.3) is 6.08 Å². The third kappa shape index (κ3) is 4.09. The van der Waals surface area contributed by atoms with E-state index in [-0.39, 0.29) is 20.7 Å². The number of phenols is 1. The van der Waals surface area contributed by atoms with Gasteiger partial charge in [0.15, 0.2) is 11.5 Å². The molecule has 1 amide bonds. The van der Waals surface area contributed by atoms with E-state index in [2.05, 4.69) is 0 Å². The SMILES string of the molecule is COc1cc(/C=C2\SC(=S)N([C@@H](CC(=O)O)C(=O)O)C2=O)ccc1O. The van der Waals surface area contributed by atoms with E-state index in [1.807, 2.05) is 0 Å². The van der Waals surface area contributed by atoms with Gasteiger partial charge >= 0.3 is 11.9 Å². The van der Waals surface area contributed by atoms with Crippen LogP contribution in [0.3, 0.4) is 0 Å². The number of carbonyl (C=O) groups is 3. The highest BCUT2D eigenvalue weighted by atomic mass is 32.2. The predicted octanol–water partition coefficient (Wildman–Crippen LogP) is 1.53. The van der Waals surface area contributed by atoms with Gasteiger partial charge in [0.2, 0.25) is 0 Å². The van der Waals surface area contributed by atoms with E-state index >= 15 is 0 Å². The molecule has 2 rings (SSSR count). The van der Waals surface area contributed by atoms with Crippen LogP contribution in [-0.2, 0) is 14.4 Å². The Balaban J connectivity index is 2.34. The van der Waals surface area contributed by atoms with E-state index in [0.717, 1.165) is 16.7 Å². The minimum Gasteiger partial charge on any atom is -0.504 e. The largest absolute Gasteiger partial charge is 0.504 e. The van der Waals surface area contributed by atoms with E-state index in [9.17, 15) is 24.6 Å². The Bertz CT molecular complexity index is 790. The lowest BCUT2D eigenvalue weighted by molar-refractivity contribution is -0.150. The van der Waals surface area contributed by atoms with Crippen LogP contribution in [0.1, 0.15) is 12.0 Å². The van der Waals surface area contributed by atoms with Crippen LogP contribution in [0.2, 0.25) is 0 Å². The topological polar surface area (TPSA) is 124 Å². The molecule has 0 aromatic heterocycles. The van der Waals surface area contributed by atoms with Crippen molar-refractivity contribution >= 4 is 52.2 Å². The number of methoxy groups -OCH3 is 1. The molecule has 1 saturated heterocycles. The molecule has 8 nitrogen and oxygen atoms in total. The summed E-state index contributed by atoms with van der Waals surface area (Å²) in [6.07, 6.45) is 0.697. The number of thiocarbonyl (C=S) groups is 1. The molecule has 1 aromatic carbocycles. The molecule has 0 unspecified atom stereocenters. The van der Waals surface area contributed by atoms with Crippen LogP contribution >= 0.6 is 24.0 Å². The molecule has 1 heterocycles. The van der Waals surface area contributed by atoms with Crippen LogP contribution in [0.4, 0.5) is 0 Å². The van der Waals surface area contributed by atoms with Gasteiger partial charge in [0.05, 0.1) is 18.4 Å². The number of ether oxygens (including phenoxy) is 1. The minimum atomic E-state index is -1.58. The van der Waals surface area contributed by atoms with Gasteiger partial charge in [-0.2, -0.15) is 0 Å². The fraction of sp³-hybridized carbons (Fsp3) is 0.200. The number of aromatic hydroxyl groups is 1. The third-order valence-electron chi connectivity index (χ3n) is 3.29. The number of nitrogens with zero attached hydrogens (tertiary/aromatic N) is 1. The average molecular weight is 383 g/mol. The van der Waals surface area contributed by atoms with Gasteiger partial charge in [-0.1, -0.05) is 30.0 Å². The molecule has 1 aromatic rings. The zero-order valence-corrected chi connectivity index (χ0v) is 14.5. The summed E-state index contributed by atoms with van der Waals surface area (Å²) in [7, 11) is 1.38. The number of rotatable bonds is 6. The number of thioether (sulfide) groups is 1. The van der Waals surface area contributed by atoms with Crippen molar-refractivity contribution in [3.63, 3.8) is 0 Å². The molecule has 25 heavy (non-hydrogen) atoms. The maximum atomic E-state index is 12.5. The number of carboxylic acids is 2. The van der Waals surface area contributed by atoms with Gasteiger partial charge < -0.3 is 20.1 Å². The maximum absolute atomic E-state index is 12.5. The number of carbonyl (C=O) groups excluding carboxylic acids is 1. The smallest absolute Gasteiger partial charge is 0.327 e. The molecule has 1 aliphatic heterocycles. The highest BCUT2D eigenvalue weighted by Gasteiger charge is 2.41. The number of phenolic OH excluding ortho intramolecular Hbond substituents is 1. The lowest BCUT2D eigenvalue weighted by Crippen LogP contribution is -2.45. The molecule has 0 radical (unpaired) electrons. The number of aliphatic carboxylic acids is 2. The van der Waals surface area contributed by atoms with Crippen molar-refractivity contribution in [1.82, 2.24) is 4.90 Å². The first kappa shape index (κ1) is 18.7. The van der Waals surface area contributed by atoms with Gasteiger partial charge in [-0.25, -0.2) is 4.79 Å². The van der Waals surface area contributed by atoms with Crippen LogP contribution < -0.4 is 4.74 Å². The summed E-state index contributed by atoms with van der Waals surface area (Å²) in [5.74, 6) is -3.35. The molecule has 0 bridgehead atoms. The lowest BCUT2D eigenvalue weighted by atomic mass is 10.1. The first-order valence-corrected chi connectivity index (χ1v) is 8.05. The Morgan fingerprint density at radius 3 is 2.64 bits per heavy atom. The number of hydrogen-bond donors (Lipinski definition) is 3. The molecular formula is C15H13NO7S2. The molecule has 0 aliphatic carbocycles. The van der Waals surface area contributed by atoms with Gasteiger partial charge in [0.1, 0.15) is 10.4 Å². The predicted molar refractivity (Wildman–Crippen MR) is 93.3 cm³/mol. The summed E-state index contributed by atoms with van der Waals surface area (Å²) < 4.78 is 4.95. The van der Waals surface area contributed by atoms with Crippen molar-refractivity contribution in [2.45, 2.75) is 12.5 Å². The number of benzene rings is 1. The number of carboxylic acid groups (broad SMARTS) is 2. The van der Waals surface area contributed by atoms with Crippen molar-refractivity contribution in [1.29, 1.82) is 0 Å². The molecule has 3 N–H and O–H groups in total. The van der Waals surface area contributed by atoms with Gasteiger partial charge in [-0.15, -0.1) is 0 Å². The second-order valence-electron chi connectivity index (χ2n) is 4.93. The normalized spacial score (nSPS) is 17.0. The lowest BCUT2D eigenvalue weighted by Gasteiger charge is -2.21. The quantitative estimate of drug-likeness (QED) is 0.495. The molecule has 1 aliphatic rings. The van der Waals surface area contributed by atoms with Crippen molar-refractivity contribution in [3.05, 3.63) is 28.7 Å². The van der Waals surface area contributed by atoms with Crippen molar-refractivity contribution in [2.24, 2.45) is 0 Å². The minimum absolute atomic E-state index is 0.0318. The Hall–Kier alpha value is -2.59. The van der Waals surface area contributed by atoms with Gasteiger partial charge in [0.25, 0.3) is 5.91 Å². The Morgan fingerprint density at radius 1 is 1.40 bits per heavy atom. The molecule has 0 spiro atoms. The van der Waals surface area contributed by atoms with Crippen LogP contribution in [0.15, 0.2) is 23.1 Å². The fourth-order valence-corrected chi connectivity index (χ4v) is 3.50. The number of amides is 1. The second kappa shape index (κ2) is 7.53. The van der Waals surface area contributed by atoms with Crippen molar-refractivity contribution in [2.75, 3.05) is 7.11 Å². The van der Waals surface area contributed by atoms with Crippen molar-refractivity contribution < 1.29 is 34.4 Å². The molecular weight excluding hydrogens is 370 g/mol. The Kier molecular flexibility index (Phi) is 5.65. The molecule has 0 saturated carbocycles. The molecule has 10 heteroatoms. The molecule has 132 valence electrons. The van der Waals surface area contributed by atoms with Gasteiger partial charge in [0, 0.05) is 0 Å². The molecule has 1 atom stereocenters. The van der Waals surface area contributed by atoms with E-state index in [1.165, 1.54) is 31.4 Å².